The minimum atomic E-state index is -0.472. The Kier molecular flexibility index (Phi) is 3.29. The van der Waals surface area contributed by atoms with Crippen LogP contribution in [0.3, 0.4) is 0 Å². The minimum Gasteiger partial charge on any atom is -0.363 e. The summed E-state index contributed by atoms with van der Waals surface area (Å²) in [5.74, 6) is -0.0748. The SMILES string of the molecule is O=C1Nc2ccccc2C1OCCc1ccccc1. The summed E-state index contributed by atoms with van der Waals surface area (Å²) in [4.78, 5) is 11.8. The minimum absolute atomic E-state index is 0.0748. The Labute approximate surface area is 112 Å². The second kappa shape index (κ2) is 5.24. The summed E-state index contributed by atoms with van der Waals surface area (Å²) in [5, 5.41) is 2.83. The van der Waals surface area contributed by atoms with Gasteiger partial charge in [-0.15, -0.1) is 0 Å². The molecule has 19 heavy (non-hydrogen) atoms. The lowest BCUT2D eigenvalue weighted by Gasteiger charge is -2.10. The lowest BCUT2D eigenvalue weighted by Crippen LogP contribution is -2.16. The van der Waals surface area contributed by atoms with E-state index in [0.29, 0.717) is 6.61 Å². The van der Waals surface area contributed by atoms with Crippen molar-refractivity contribution in [2.45, 2.75) is 12.5 Å². The standard InChI is InChI=1S/C16H15NO2/c18-16-15(13-8-4-5-9-14(13)17-16)19-11-10-12-6-2-1-3-7-12/h1-9,15H,10-11H2,(H,17,18). The van der Waals surface area contributed by atoms with Gasteiger partial charge < -0.3 is 10.1 Å². The predicted octanol–water partition coefficient (Wildman–Crippen LogP) is 2.94. The van der Waals surface area contributed by atoms with Gasteiger partial charge in [-0.25, -0.2) is 0 Å². The van der Waals surface area contributed by atoms with Crippen molar-refractivity contribution in [1.82, 2.24) is 0 Å². The summed E-state index contributed by atoms with van der Waals surface area (Å²) < 4.78 is 5.73. The largest absolute Gasteiger partial charge is 0.363 e. The highest BCUT2D eigenvalue weighted by Gasteiger charge is 2.30. The molecule has 0 saturated carbocycles. The smallest absolute Gasteiger partial charge is 0.258 e. The molecule has 96 valence electrons. The second-order valence-electron chi connectivity index (χ2n) is 4.56. The highest BCUT2D eigenvalue weighted by Crippen LogP contribution is 2.32. The van der Waals surface area contributed by atoms with E-state index >= 15 is 0 Å². The molecule has 3 rings (SSSR count). The van der Waals surface area contributed by atoms with Crippen LogP contribution in [0.15, 0.2) is 54.6 Å². The topological polar surface area (TPSA) is 38.3 Å². The van der Waals surface area contributed by atoms with Gasteiger partial charge in [-0.2, -0.15) is 0 Å². The van der Waals surface area contributed by atoms with E-state index in [0.717, 1.165) is 17.7 Å². The zero-order valence-electron chi connectivity index (χ0n) is 10.5. The van der Waals surface area contributed by atoms with Crippen molar-refractivity contribution >= 4 is 11.6 Å². The van der Waals surface area contributed by atoms with E-state index < -0.39 is 6.10 Å². The van der Waals surface area contributed by atoms with Gasteiger partial charge in [0, 0.05) is 11.3 Å². The van der Waals surface area contributed by atoms with Gasteiger partial charge in [-0.1, -0.05) is 48.5 Å². The molecule has 3 heteroatoms. The van der Waals surface area contributed by atoms with Crippen LogP contribution in [0.4, 0.5) is 5.69 Å². The number of hydrogen-bond donors (Lipinski definition) is 1. The maximum absolute atomic E-state index is 11.8. The molecule has 2 aromatic carbocycles. The number of hydrogen-bond acceptors (Lipinski definition) is 2. The first kappa shape index (κ1) is 11.9. The fourth-order valence-corrected chi connectivity index (χ4v) is 2.28. The molecule has 0 radical (unpaired) electrons. The van der Waals surface area contributed by atoms with E-state index in [2.05, 4.69) is 17.4 Å². The van der Waals surface area contributed by atoms with Crippen LogP contribution in [0.5, 0.6) is 0 Å². The maximum Gasteiger partial charge on any atom is 0.258 e. The van der Waals surface area contributed by atoms with Gasteiger partial charge in [0.05, 0.1) is 6.61 Å². The molecule has 0 aliphatic carbocycles. The molecule has 2 aromatic rings. The monoisotopic (exact) mass is 253 g/mol. The summed E-state index contributed by atoms with van der Waals surface area (Å²) in [5.41, 5.74) is 3.01. The van der Waals surface area contributed by atoms with Crippen LogP contribution in [0.2, 0.25) is 0 Å². The fraction of sp³-hybridized carbons (Fsp3) is 0.188. The molecule has 1 aliphatic heterocycles. The van der Waals surface area contributed by atoms with Crippen LogP contribution in [0.25, 0.3) is 0 Å². The van der Waals surface area contributed by atoms with Crippen LogP contribution in [0, 0.1) is 0 Å². The Morgan fingerprint density at radius 2 is 1.74 bits per heavy atom. The normalized spacial score (nSPS) is 17.1. The molecule has 0 saturated heterocycles. The van der Waals surface area contributed by atoms with Gasteiger partial charge in [0.1, 0.15) is 0 Å². The Morgan fingerprint density at radius 1 is 1.00 bits per heavy atom. The van der Waals surface area contributed by atoms with Crippen molar-refractivity contribution in [3.05, 3.63) is 65.7 Å². The zero-order valence-corrected chi connectivity index (χ0v) is 10.5. The van der Waals surface area contributed by atoms with Gasteiger partial charge >= 0.3 is 0 Å². The lowest BCUT2D eigenvalue weighted by atomic mass is 10.1. The van der Waals surface area contributed by atoms with Crippen LogP contribution in [0.1, 0.15) is 17.2 Å². The Morgan fingerprint density at radius 3 is 2.58 bits per heavy atom. The van der Waals surface area contributed by atoms with Gasteiger partial charge in [0.25, 0.3) is 5.91 Å². The number of benzene rings is 2. The first-order chi connectivity index (χ1) is 9.34. The number of anilines is 1. The molecule has 0 bridgehead atoms. The molecule has 0 aromatic heterocycles. The van der Waals surface area contributed by atoms with E-state index in [1.807, 2.05) is 42.5 Å². The zero-order chi connectivity index (χ0) is 13.1. The Balaban J connectivity index is 1.63. The third-order valence-corrected chi connectivity index (χ3v) is 3.26. The number of ether oxygens (including phenoxy) is 1. The van der Waals surface area contributed by atoms with Crippen molar-refractivity contribution in [2.24, 2.45) is 0 Å². The van der Waals surface area contributed by atoms with Crippen LogP contribution < -0.4 is 5.32 Å². The van der Waals surface area contributed by atoms with Crippen molar-refractivity contribution < 1.29 is 9.53 Å². The number of rotatable bonds is 4. The molecule has 1 heterocycles. The fourth-order valence-electron chi connectivity index (χ4n) is 2.28. The first-order valence-electron chi connectivity index (χ1n) is 6.40. The molecule has 0 spiro atoms. The summed E-state index contributed by atoms with van der Waals surface area (Å²) >= 11 is 0. The van der Waals surface area contributed by atoms with Crippen molar-refractivity contribution in [1.29, 1.82) is 0 Å². The Hall–Kier alpha value is -2.13. The van der Waals surface area contributed by atoms with E-state index in [-0.39, 0.29) is 5.91 Å². The van der Waals surface area contributed by atoms with Crippen molar-refractivity contribution in [3.8, 4) is 0 Å². The summed E-state index contributed by atoms with van der Waals surface area (Å²) in [7, 11) is 0. The number of para-hydroxylation sites is 1. The summed E-state index contributed by atoms with van der Waals surface area (Å²) in [6.07, 6.45) is 0.340. The van der Waals surface area contributed by atoms with E-state index in [1.54, 1.807) is 0 Å². The highest BCUT2D eigenvalue weighted by atomic mass is 16.5. The average molecular weight is 253 g/mol. The Bertz CT molecular complexity index is 580. The first-order valence-corrected chi connectivity index (χ1v) is 6.40. The van der Waals surface area contributed by atoms with Gasteiger partial charge in [-0.05, 0) is 18.1 Å². The molecule has 1 N–H and O–H groups in total. The van der Waals surface area contributed by atoms with Crippen LogP contribution >= 0.6 is 0 Å². The summed E-state index contributed by atoms with van der Waals surface area (Å²) in [6.45, 7) is 0.538. The maximum atomic E-state index is 11.8. The van der Waals surface area contributed by atoms with Gasteiger partial charge in [0.2, 0.25) is 0 Å². The number of carbonyl (C=O) groups excluding carboxylic acids is 1. The average Bonchev–Trinajstić information content (AvgIpc) is 2.76. The number of carbonyl (C=O) groups is 1. The molecule has 1 unspecified atom stereocenters. The van der Waals surface area contributed by atoms with Gasteiger partial charge in [-0.3, -0.25) is 4.79 Å². The molecule has 3 nitrogen and oxygen atoms in total. The number of nitrogens with one attached hydrogen (secondary N) is 1. The molecule has 0 fully saturated rings. The third kappa shape index (κ3) is 2.51. The lowest BCUT2D eigenvalue weighted by molar-refractivity contribution is -0.126. The van der Waals surface area contributed by atoms with E-state index in [9.17, 15) is 4.79 Å². The van der Waals surface area contributed by atoms with Gasteiger partial charge in [0.15, 0.2) is 6.10 Å². The third-order valence-electron chi connectivity index (χ3n) is 3.26. The number of fused-ring (bicyclic) bond motifs is 1. The van der Waals surface area contributed by atoms with Crippen LogP contribution in [-0.4, -0.2) is 12.5 Å². The number of amides is 1. The van der Waals surface area contributed by atoms with Crippen molar-refractivity contribution in [3.63, 3.8) is 0 Å². The highest BCUT2D eigenvalue weighted by molar-refractivity contribution is 6.01. The molecular weight excluding hydrogens is 238 g/mol. The molecule has 1 aliphatic rings. The molecule has 1 atom stereocenters. The predicted molar refractivity (Wildman–Crippen MR) is 73.9 cm³/mol. The van der Waals surface area contributed by atoms with E-state index in [4.69, 9.17) is 4.74 Å². The second-order valence-corrected chi connectivity index (χ2v) is 4.56. The van der Waals surface area contributed by atoms with Crippen molar-refractivity contribution in [2.75, 3.05) is 11.9 Å². The molecule has 1 amide bonds. The quantitative estimate of drug-likeness (QED) is 0.909. The van der Waals surface area contributed by atoms with E-state index in [1.165, 1.54) is 5.56 Å². The summed E-state index contributed by atoms with van der Waals surface area (Å²) in [6, 6.07) is 17.8. The molecular formula is C16H15NO2. The van der Waals surface area contributed by atoms with Crippen LogP contribution in [-0.2, 0) is 16.0 Å².